The van der Waals surface area contributed by atoms with Gasteiger partial charge in [-0.2, -0.15) is 0 Å². The maximum Gasteiger partial charge on any atom is 0.245 e. The quantitative estimate of drug-likeness (QED) is 0.530. The minimum Gasteiger partial charge on any atom is -0.353 e. The largest absolute Gasteiger partial charge is 0.353 e. The highest BCUT2D eigenvalue weighted by Gasteiger charge is 2.28. The molecule has 1 saturated heterocycles. The third-order valence-corrected chi connectivity index (χ3v) is 5.33. The van der Waals surface area contributed by atoms with Crippen LogP contribution in [0, 0.1) is 0 Å². The third-order valence-electron chi connectivity index (χ3n) is 5.33. The van der Waals surface area contributed by atoms with Crippen LogP contribution in [0.3, 0.4) is 0 Å². The number of carbonyl (C=O) groups excluding carboxylic acids is 2. The number of ether oxygens (including phenoxy) is 2. The second kappa shape index (κ2) is 12.8. The van der Waals surface area contributed by atoms with Gasteiger partial charge in [0.1, 0.15) is 5.54 Å². The number of hydrogen-bond acceptors (Lipinski definition) is 5. The van der Waals surface area contributed by atoms with Crippen LogP contribution >= 0.6 is 0 Å². The minimum absolute atomic E-state index is 0.0775. The van der Waals surface area contributed by atoms with Crippen LogP contribution in [0.4, 0.5) is 0 Å². The molecular weight excluding hydrogens is 394 g/mol. The van der Waals surface area contributed by atoms with Crippen molar-refractivity contribution >= 4 is 11.8 Å². The van der Waals surface area contributed by atoms with Gasteiger partial charge >= 0.3 is 0 Å². The molecule has 0 aromatic heterocycles. The van der Waals surface area contributed by atoms with Crippen molar-refractivity contribution < 1.29 is 19.1 Å². The molecule has 0 radical (unpaired) electrons. The topological polar surface area (TPSA) is 79.9 Å². The lowest BCUT2D eigenvalue weighted by Gasteiger charge is -2.25. The minimum atomic E-state index is -0.924. The van der Waals surface area contributed by atoms with Gasteiger partial charge in [0.2, 0.25) is 11.8 Å². The SMILES string of the molecule is CN(C)CCNC(=O)C(C)(C)NC(=O)CCCc1ccc(COC2CCCCO2)cc1. The van der Waals surface area contributed by atoms with Crippen LogP contribution in [0.15, 0.2) is 24.3 Å². The van der Waals surface area contributed by atoms with Crippen molar-refractivity contribution in [1.82, 2.24) is 15.5 Å². The Morgan fingerprint density at radius 2 is 1.87 bits per heavy atom. The van der Waals surface area contributed by atoms with Gasteiger partial charge < -0.3 is 25.0 Å². The molecule has 0 saturated carbocycles. The Bertz CT molecular complexity index is 683. The Labute approximate surface area is 186 Å². The zero-order chi connectivity index (χ0) is 22.7. The summed E-state index contributed by atoms with van der Waals surface area (Å²) in [6.07, 6.45) is 5.11. The fraction of sp³-hybridized carbons (Fsp3) is 0.667. The first-order valence-electron chi connectivity index (χ1n) is 11.3. The lowest BCUT2D eigenvalue weighted by Crippen LogP contribution is -2.55. The molecule has 0 bridgehead atoms. The second-order valence-electron chi connectivity index (χ2n) is 9.01. The summed E-state index contributed by atoms with van der Waals surface area (Å²) in [5.74, 6) is -0.274. The fourth-order valence-corrected chi connectivity index (χ4v) is 3.37. The number of carbonyl (C=O) groups is 2. The predicted molar refractivity (Wildman–Crippen MR) is 122 cm³/mol. The summed E-state index contributed by atoms with van der Waals surface area (Å²) in [5.41, 5.74) is 1.39. The van der Waals surface area contributed by atoms with Gasteiger partial charge in [-0.15, -0.1) is 0 Å². The van der Waals surface area contributed by atoms with Crippen molar-refractivity contribution in [1.29, 1.82) is 0 Å². The Morgan fingerprint density at radius 3 is 2.52 bits per heavy atom. The molecule has 1 aliphatic heterocycles. The van der Waals surface area contributed by atoms with Crippen molar-refractivity contribution in [3.63, 3.8) is 0 Å². The molecule has 1 heterocycles. The molecule has 0 aliphatic carbocycles. The summed E-state index contributed by atoms with van der Waals surface area (Å²) in [4.78, 5) is 26.6. The van der Waals surface area contributed by atoms with Gasteiger partial charge in [0.15, 0.2) is 6.29 Å². The van der Waals surface area contributed by atoms with Gasteiger partial charge in [-0.1, -0.05) is 24.3 Å². The van der Waals surface area contributed by atoms with Crippen LogP contribution in [0.2, 0.25) is 0 Å². The summed E-state index contributed by atoms with van der Waals surface area (Å²) in [6, 6.07) is 8.31. The van der Waals surface area contributed by atoms with E-state index in [1.807, 2.05) is 19.0 Å². The van der Waals surface area contributed by atoms with E-state index in [1.54, 1.807) is 13.8 Å². The molecule has 0 spiro atoms. The highest BCUT2D eigenvalue weighted by molar-refractivity contribution is 5.90. The maximum atomic E-state index is 12.3. The first kappa shape index (κ1) is 25.3. The summed E-state index contributed by atoms with van der Waals surface area (Å²) in [6.45, 7) is 6.12. The third kappa shape index (κ3) is 9.80. The summed E-state index contributed by atoms with van der Waals surface area (Å²) >= 11 is 0. The number of nitrogens with zero attached hydrogens (tertiary/aromatic N) is 1. The van der Waals surface area contributed by atoms with Gasteiger partial charge in [0.05, 0.1) is 6.61 Å². The molecular formula is C24H39N3O4. The smallest absolute Gasteiger partial charge is 0.245 e. The molecule has 1 aromatic rings. The van der Waals surface area contributed by atoms with Gasteiger partial charge in [0, 0.05) is 26.1 Å². The van der Waals surface area contributed by atoms with Gasteiger partial charge in [-0.05, 0) is 71.2 Å². The highest BCUT2D eigenvalue weighted by atomic mass is 16.7. The molecule has 1 aromatic carbocycles. The van der Waals surface area contributed by atoms with E-state index in [4.69, 9.17) is 9.47 Å². The van der Waals surface area contributed by atoms with E-state index in [2.05, 4.69) is 34.9 Å². The first-order chi connectivity index (χ1) is 14.8. The maximum absolute atomic E-state index is 12.3. The summed E-state index contributed by atoms with van der Waals surface area (Å²) < 4.78 is 11.4. The van der Waals surface area contributed by atoms with E-state index in [9.17, 15) is 9.59 Å². The summed E-state index contributed by atoms with van der Waals surface area (Å²) in [7, 11) is 3.90. The van der Waals surface area contributed by atoms with E-state index >= 15 is 0 Å². The van der Waals surface area contributed by atoms with Crippen LogP contribution in [0.1, 0.15) is 57.1 Å². The number of hydrogen-bond donors (Lipinski definition) is 2. The van der Waals surface area contributed by atoms with E-state index in [0.717, 1.165) is 50.8 Å². The normalized spacial score (nSPS) is 16.9. The van der Waals surface area contributed by atoms with Crippen LogP contribution in [0.25, 0.3) is 0 Å². The van der Waals surface area contributed by atoms with Crippen LogP contribution in [0.5, 0.6) is 0 Å². The van der Waals surface area contributed by atoms with Crippen molar-refractivity contribution in [2.45, 2.75) is 70.8 Å². The molecule has 2 N–H and O–H groups in total. The Kier molecular flexibility index (Phi) is 10.4. The molecule has 2 rings (SSSR count). The lowest BCUT2D eigenvalue weighted by atomic mass is 10.0. The summed E-state index contributed by atoms with van der Waals surface area (Å²) in [5, 5.41) is 5.71. The Hall–Kier alpha value is -1.96. The van der Waals surface area contributed by atoms with Crippen LogP contribution in [-0.4, -0.2) is 62.3 Å². The molecule has 7 heteroatoms. The van der Waals surface area contributed by atoms with E-state index in [1.165, 1.54) is 5.56 Å². The standard InChI is InChI=1S/C24H39N3O4/c1-24(2,23(29)25-15-16-27(3)4)26-21(28)9-7-8-19-11-13-20(14-12-19)18-31-22-10-5-6-17-30-22/h11-14,22H,5-10,15-18H2,1-4H3,(H,25,29)(H,26,28). The lowest BCUT2D eigenvalue weighted by molar-refractivity contribution is -0.168. The highest BCUT2D eigenvalue weighted by Crippen LogP contribution is 2.16. The molecule has 7 nitrogen and oxygen atoms in total. The molecule has 1 fully saturated rings. The van der Waals surface area contributed by atoms with Crippen molar-refractivity contribution in [2.75, 3.05) is 33.8 Å². The number of amides is 2. The first-order valence-corrected chi connectivity index (χ1v) is 11.3. The Morgan fingerprint density at radius 1 is 1.16 bits per heavy atom. The number of nitrogens with one attached hydrogen (secondary N) is 2. The monoisotopic (exact) mass is 433 g/mol. The van der Waals surface area contributed by atoms with E-state index in [-0.39, 0.29) is 18.1 Å². The second-order valence-corrected chi connectivity index (χ2v) is 9.01. The van der Waals surface area contributed by atoms with Crippen molar-refractivity contribution in [3.8, 4) is 0 Å². The average Bonchev–Trinajstić information content (AvgIpc) is 2.73. The van der Waals surface area contributed by atoms with Gasteiger partial charge in [-0.25, -0.2) is 0 Å². The molecule has 31 heavy (non-hydrogen) atoms. The van der Waals surface area contributed by atoms with Crippen molar-refractivity contribution in [3.05, 3.63) is 35.4 Å². The van der Waals surface area contributed by atoms with Gasteiger partial charge in [-0.3, -0.25) is 9.59 Å². The number of rotatable bonds is 12. The van der Waals surface area contributed by atoms with E-state index < -0.39 is 5.54 Å². The zero-order valence-electron chi connectivity index (χ0n) is 19.5. The molecule has 1 atom stereocenters. The van der Waals surface area contributed by atoms with Crippen LogP contribution in [-0.2, 0) is 32.1 Å². The number of aryl methyl sites for hydroxylation is 1. The average molecular weight is 434 g/mol. The zero-order valence-corrected chi connectivity index (χ0v) is 19.5. The predicted octanol–water partition coefficient (Wildman–Crippen LogP) is 2.63. The molecule has 2 amide bonds. The molecule has 1 aliphatic rings. The van der Waals surface area contributed by atoms with E-state index in [0.29, 0.717) is 19.6 Å². The van der Waals surface area contributed by atoms with Crippen molar-refractivity contribution in [2.24, 2.45) is 0 Å². The van der Waals surface area contributed by atoms with Gasteiger partial charge in [0.25, 0.3) is 0 Å². The molecule has 1 unspecified atom stereocenters. The van der Waals surface area contributed by atoms with Crippen LogP contribution < -0.4 is 10.6 Å². The number of benzene rings is 1. The number of likely N-dealkylation sites (N-methyl/N-ethyl adjacent to an activating group) is 1. The fourth-order valence-electron chi connectivity index (χ4n) is 3.37. The molecule has 174 valence electrons. The Balaban J connectivity index is 1.66.